The Bertz CT molecular complexity index is 622. The van der Waals surface area contributed by atoms with Crippen LogP contribution in [0.2, 0.25) is 0 Å². The zero-order valence-electron chi connectivity index (χ0n) is 13.9. The summed E-state index contributed by atoms with van der Waals surface area (Å²) >= 11 is 0. The first-order valence-corrected chi connectivity index (χ1v) is 7.77. The van der Waals surface area contributed by atoms with E-state index in [1.807, 2.05) is 41.2 Å². The molecule has 116 valence electrons. The molecule has 1 N–H and O–H groups in total. The summed E-state index contributed by atoms with van der Waals surface area (Å²) in [5.41, 5.74) is 3.49. The Hall–Kier alpha value is -2.16. The van der Waals surface area contributed by atoms with Gasteiger partial charge in [0.1, 0.15) is 0 Å². The molecule has 0 fully saturated rings. The number of aromatic nitrogens is 1. The van der Waals surface area contributed by atoms with Crippen LogP contribution in [0.4, 0.5) is 5.69 Å². The van der Waals surface area contributed by atoms with Crippen molar-refractivity contribution in [1.82, 2.24) is 0 Å². The molecular weight excluding hydrogens is 272 g/mol. The van der Waals surface area contributed by atoms with Gasteiger partial charge < -0.3 is 5.32 Å². The fourth-order valence-corrected chi connectivity index (χ4v) is 2.25. The van der Waals surface area contributed by atoms with Gasteiger partial charge in [0.15, 0.2) is 12.4 Å². The van der Waals surface area contributed by atoms with Gasteiger partial charge in [-0.15, -0.1) is 0 Å². The van der Waals surface area contributed by atoms with Crippen molar-refractivity contribution in [2.45, 2.75) is 46.1 Å². The highest BCUT2D eigenvalue weighted by molar-refractivity contribution is 5.89. The van der Waals surface area contributed by atoms with Crippen molar-refractivity contribution in [2.24, 2.45) is 0 Å². The molecule has 2 rings (SSSR count). The van der Waals surface area contributed by atoms with Crippen LogP contribution in [0.1, 0.15) is 38.8 Å². The van der Waals surface area contributed by atoms with E-state index < -0.39 is 0 Å². The molecular formula is C19H25N2O+. The molecule has 0 unspecified atom stereocenters. The molecule has 0 spiro atoms. The number of pyridine rings is 1. The van der Waals surface area contributed by atoms with E-state index in [9.17, 15) is 4.79 Å². The second-order valence-electron chi connectivity index (χ2n) is 6.61. The fourth-order valence-electron chi connectivity index (χ4n) is 2.25. The minimum absolute atomic E-state index is 0.0160. The monoisotopic (exact) mass is 297 g/mol. The molecule has 1 heterocycles. The molecule has 0 saturated carbocycles. The van der Waals surface area contributed by atoms with E-state index in [4.69, 9.17) is 0 Å². The minimum atomic E-state index is -0.0160. The smallest absolute Gasteiger partial charge is 0.290 e. The molecule has 0 aliphatic carbocycles. The molecule has 1 aromatic heterocycles. The largest absolute Gasteiger partial charge is 0.321 e. The Morgan fingerprint density at radius 2 is 1.64 bits per heavy atom. The predicted molar refractivity (Wildman–Crippen MR) is 89.8 cm³/mol. The molecule has 0 atom stereocenters. The highest BCUT2D eigenvalue weighted by atomic mass is 16.1. The van der Waals surface area contributed by atoms with Gasteiger partial charge in [-0.2, -0.15) is 4.57 Å². The van der Waals surface area contributed by atoms with Crippen molar-refractivity contribution >= 4 is 11.6 Å². The van der Waals surface area contributed by atoms with Gasteiger partial charge in [-0.3, -0.25) is 4.79 Å². The Kier molecular flexibility index (Phi) is 4.96. The van der Waals surface area contributed by atoms with Crippen LogP contribution < -0.4 is 9.88 Å². The van der Waals surface area contributed by atoms with Gasteiger partial charge in [0.05, 0.1) is 0 Å². The predicted octanol–water partition coefficient (Wildman–Crippen LogP) is 3.47. The number of nitrogens with one attached hydrogen (secondary N) is 1. The molecule has 3 nitrogen and oxygen atoms in total. The number of benzene rings is 1. The number of rotatable bonds is 4. The number of hydrogen-bond donors (Lipinski definition) is 1. The van der Waals surface area contributed by atoms with E-state index in [1.54, 1.807) is 0 Å². The normalized spacial score (nSPS) is 11.3. The van der Waals surface area contributed by atoms with Crippen molar-refractivity contribution in [1.29, 1.82) is 0 Å². The first-order chi connectivity index (χ1) is 10.4. The molecule has 0 radical (unpaired) electrons. The van der Waals surface area contributed by atoms with Crippen LogP contribution in [0.3, 0.4) is 0 Å². The van der Waals surface area contributed by atoms with Crippen LogP contribution in [0.25, 0.3) is 0 Å². The second-order valence-corrected chi connectivity index (χ2v) is 6.61. The van der Waals surface area contributed by atoms with Gasteiger partial charge in [-0.25, -0.2) is 0 Å². The Morgan fingerprint density at radius 3 is 2.14 bits per heavy atom. The second kappa shape index (κ2) is 6.73. The van der Waals surface area contributed by atoms with Crippen molar-refractivity contribution < 1.29 is 9.36 Å². The van der Waals surface area contributed by atoms with Gasteiger partial charge >= 0.3 is 0 Å². The van der Waals surface area contributed by atoms with E-state index in [2.05, 4.69) is 45.1 Å². The maximum atomic E-state index is 12.1. The third kappa shape index (κ3) is 4.42. The quantitative estimate of drug-likeness (QED) is 0.861. The first-order valence-electron chi connectivity index (χ1n) is 7.77. The minimum Gasteiger partial charge on any atom is -0.321 e. The first kappa shape index (κ1) is 16.2. The van der Waals surface area contributed by atoms with Gasteiger partial charge in [-0.05, 0) is 35.1 Å². The van der Waals surface area contributed by atoms with Gasteiger partial charge in [0, 0.05) is 17.8 Å². The molecule has 0 aliphatic heterocycles. The Morgan fingerprint density at radius 1 is 1.05 bits per heavy atom. The van der Waals surface area contributed by atoms with Crippen LogP contribution in [0.15, 0.2) is 48.8 Å². The third-order valence-electron chi connectivity index (χ3n) is 3.73. The lowest BCUT2D eigenvalue weighted by molar-refractivity contribution is -0.684. The molecule has 3 heteroatoms. The third-order valence-corrected chi connectivity index (χ3v) is 3.73. The lowest BCUT2D eigenvalue weighted by Gasteiger charge is -2.19. The van der Waals surface area contributed by atoms with Crippen molar-refractivity contribution in [3.8, 4) is 0 Å². The van der Waals surface area contributed by atoms with Gasteiger partial charge in [0.25, 0.3) is 5.91 Å². The van der Waals surface area contributed by atoms with Gasteiger partial charge in [-0.1, -0.05) is 39.8 Å². The number of carbonyl (C=O) groups excluding carboxylic acids is 1. The molecule has 0 bridgehead atoms. The van der Waals surface area contributed by atoms with E-state index in [0.29, 0.717) is 6.54 Å². The van der Waals surface area contributed by atoms with Crippen LogP contribution in [-0.2, 0) is 23.2 Å². The van der Waals surface area contributed by atoms with E-state index >= 15 is 0 Å². The number of anilines is 1. The lowest BCUT2D eigenvalue weighted by Crippen LogP contribution is -2.39. The zero-order chi connectivity index (χ0) is 16.2. The van der Waals surface area contributed by atoms with Crippen molar-refractivity contribution in [3.05, 3.63) is 59.9 Å². The van der Waals surface area contributed by atoms with Gasteiger partial charge in [0.2, 0.25) is 6.54 Å². The number of nitrogens with zero attached hydrogens (tertiary/aromatic N) is 1. The summed E-state index contributed by atoms with van der Waals surface area (Å²) in [6.07, 6.45) is 4.90. The molecule has 22 heavy (non-hydrogen) atoms. The highest BCUT2D eigenvalue weighted by Gasteiger charge is 2.14. The van der Waals surface area contributed by atoms with Crippen LogP contribution in [-0.4, -0.2) is 5.91 Å². The van der Waals surface area contributed by atoms with Crippen molar-refractivity contribution in [3.63, 3.8) is 0 Å². The summed E-state index contributed by atoms with van der Waals surface area (Å²) in [5.74, 6) is -0.0160. The van der Waals surface area contributed by atoms with Crippen LogP contribution >= 0.6 is 0 Å². The lowest BCUT2D eigenvalue weighted by atomic mass is 9.87. The summed E-state index contributed by atoms with van der Waals surface area (Å²) in [4.78, 5) is 12.1. The van der Waals surface area contributed by atoms with E-state index in [1.165, 1.54) is 11.1 Å². The van der Waals surface area contributed by atoms with Crippen LogP contribution in [0, 0.1) is 0 Å². The molecule has 0 saturated heterocycles. The summed E-state index contributed by atoms with van der Waals surface area (Å²) in [5, 5.41) is 2.94. The van der Waals surface area contributed by atoms with Crippen molar-refractivity contribution in [2.75, 3.05) is 5.32 Å². The highest BCUT2D eigenvalue weighted by Crippen LogP contribution is 2.23. The number of aryl methyl sites for hydroxylation is 1. The van der Waals surface area contributed by atoms with E-state index in [0.717, 1.165) is 12.1 Å². The van der Waals surface area contributed by atoms with Crippen LogP contribution in [0.5, 0.6) is 0 Å². The van der Waals surface area contributed by atoms with E-state index in [-0.39, 0.29) is 11.3 Å². The number of hydrogen-bond acceptors (Lipinski definition) is 1. The number of carbonyl (C=O) groups is 1. The number of amides is 1. The summed E-state index contributed by atoms with van der Waals surface area (Å²) in [6, 6.07) is 12.2. The standard InChI is InChI=1S/C19H24N2O/c1-5-15-10-12-21(13-11-15)14-18(22)20-17-8-6-16(7-9-17)19(2,3)4/h6-13H,5,14H2,1-4H3/p+1. The maximum Gasteiger partial charge on any atom is 0.290 e. The molecule has 1 aromatic carbocycles. The maximum absolute atomic E-state index is 12.1. The zero-order valence-corrected chi connectivity index (χ0v) is 13.9. The fraction of sp³-hybridized carbons (Fsp3) is 0.368. The molecule has 2 aromatic rings. The summed E-state index contributed by atoms with van der Waals surface area (Å²) in [7, 11) is 0. The molecule has 1 amide bonds. The average molecular weight is 297 g/mol. The Balaban J connectivity index is 1.96. The molecule has 0 aliphatic rings. The SMILES string of the molecule is CCc1cc[n+](CC(=O)Nc2ccc(C(C)(C)C)cc2)cc1. The average Bonchev–Trinajstić information content (AvgIpc) is 2.47. The Labute approximate surface area is 133 Å². The summed E-state index contributed by atoms with van der Waals surface area (Å²) < 4.78 is 1.89. The topological polar surface area (TPSA) is 33.0 Å². The summed E-state index contributed by atoms with van der Waals surface area (Å²) in [6.45, 7) is 8.98.